The second-order valence-corrected chi connectivity index (χ2v) is 6.10. The van der Waals surface area contributed by atoms with Crippen molar-refractivity contribution in [1.29, 1.82) is 0 Å². The van der Waals surface area contributed by atoms with E-state index < -0.39 is 0 Å². The lowest BCUT2D eigenvalue weighted by atomic mass is 9.79. The number of fused-ring (bicyclic) bond motifs is 3. The zero-order chi connectivity index (χ0) is 14.2. The van der Waals surface area contributed by atoms with Gasteiger partial charge in [0.2, 0.25) is 0 Å². The van der Waals surface area contributed by atoms with Gasteiger partial charge in [-0.25, -0.2) is 0 Å². The van der Waals surface area contributed by atoms with Crippen LogP contribution in [0.15, 0.2) is 35.1 Å². The van der Waals surface area contributed by atoms with Crippen molar-refractivity contribution in [2.45, 2.75) is 31.8 Å². The molecule has 0 saturated carbocycles. The summed E-state index contributed by atoms with van der Waals surface area (Å²) in [5, 5.41) is 12.2. The molecule has 2 aromatic rings. The van der Waals surface area contributed by atoms with Crippen LogP contribution < -0.4 is 5.32 Å². The molecule has 2 bridgehead atoms. The smallest absolute Gasteiger partial charge is 0.148 e. The Balaban J connectivity index is 1.50. The van der Waals surface area contributed by atoms with Gasteiger partial charge in [0.25, 0.3) is 0 Å². The monoisotopic (exact) mass is 284 g/mol. The molecule has 2 atom stereocenters. The Morgan fingerprint density at radius 3 is 2.67 bits per heavy atom. The highest BCUT2D eigenvalue weighted by Gasteiger charge is 2.39. The molecule has 21 heavy (non-hydrogen) atoms. The SMILES string of the molecule is CC1C(Nc2ccc(-c3ccoc3)nn2)C2CCN1CC2. The quantitative estimate of drug-likeness (QED) is 0.939. The lowest BCUT2D eigenvalue weighted by Gasteiger charge is -2.50. The van der Waals surface area contributed by atoms with Crippen LogP contribution in [0.3, 0.4) is 0 Å². The van der Waals surface area contributed by atoms with Crippen LogP contribution >= 0.6 is 0 Å². The van der Waals surface area contributed by atoms with E-state index in [1.807, 2.05) is 18.2 Å². The van der Waals surface area contributed by atoms with Crippen LogP contribution in [0.4, 0.5) is 5.82 Å². The molecule has 0 spiro atoms. The minimum Gasteiger partial charge on any atom is -0.472 e. The molecule has 0 radical (unpaired) electrons. The first-order chi connectivity index (χ1) is 10.3. The van der Waals surface area contributed by atoms with Gasteiger partial charge in [-0.05, 0) is 57.0 Å². The molecular weight excluding hydrogens is 264 g/mol. The predicted molar refractivity (Wildman–Crippen MR) is 80.9 cm³/mol. The average Bonchev–Trinajstić information content (AvgIpc) is 3.06. The van der Waals surface area contributed by atoms with Crippen molar-refractivity contribution in [3.05, 3.63) is 30.7 Å². The molecule has 0 aromatic carbocycles. The Bertz CT molecular complexity index is 585. The molecule has 3 aliphatic rings. The van der Waals surface area contributed by atoms with E-state index in [1.54, 1.807) is 12.5 Å². The van der Waals surface area contributed by atoms with Crippen LogP contribution in [0.25, 0.3) is 11.3 Å². The summed E-state index contributed by atoms with van der Waals surface area (Å²) in [5.41, 5.74) is 1.81. The standard InChI is InChI=1S/C16H20N4O/c1-11-16(12-4-7-20(11)8-5-12)17-15-3-2-14(18-19-15)13-6-9-21-10-13/h2-3,6,9-12,16H,4-5,7-8H2,1H3,(H,17,19). The molecule has 3 aliphatic heterocycles. The summed E-state index contributed by atoms with van der Waals surface area (Å²) in [6.45, 7) is 4.81. The maximum Gasteiger partial charge on any atom is 0.148 e. The van der Waals surface area contributed by atoms with Gasteiger partial charge in [-0.15, -0.1) is 10.2 Å². The summed E-state index contributed by atoms with van der Waals surface area (Å²) < 4.78 is 5.08. The molecule has 5 rings (SSSR count). The van der Waals surface area contributed by atoms with E-state index in [1.165, 1.54) is 25.9 Å². The maximum absolute atomic E-state index is 5.08. The first-order valence-corrected chi connectivity index (χ1v) is 7.68. The van der Waals surface area contributed by atoms with E-state index in [0.717, 1.165) is 23.0 Å². The van der Waals surface area contributed by atoms with E-state index in [2.05, 4.69) is 27.3 Å². The van der Waals surface area contributed by atoms with Gasteiger partial charge in [0, 0.05) is 17.6 Å². The molecule has 3 fully saturated rings. The van der Waals surface area contributed by atoms with Gasteiger partial charge in [0.15, 0.2) is 0 Å². The predicted octanol–water partition coefficient (Wildman–Crippen LogP) is 2.63. The lowest BCUT2D eigenvalue weighted by Crippen LogP contribution is -2.59. The van der Waals surface area contributed by atoms with Gasteiger partial charge in [-0.3, -0.25) is 4.90 Å². The number of hydrogen-bond donors (Lipinski definition) is 1. The third-order valence-electron chi connectivity index (χ3n) is 4.97. The molecule has 2 aromatic heterocycles. The van der Waals surface area contributed by atoms with Gasteiger partial charge in [-0.1, -0.05) is 0 Å². The molecule has 0 aliphatic carbocycles. The summed E-state index contributed by atoms with van der Waals surface area (Å²) in [6.07, 6.45) is 5.93. The first-order valence-electron chi connectivity index (χ1n) is 7.68. The fourth-order valence-corrected chi connectivity index (χ4v) is 3.69. The zero-order valence-corrected chi connectivity index (χ0v) is 12.2. The molecule has 0 amide bonds. The van der Waals surface area contributed by atoms with Gasteiger partial charge >= 0.3 is 0 Å². The Morgan fingerprint density at radius 2 is 2.05 bits per heavy atom. The summed E-state index contributed by atoms with van der Waals surface area (Å²) in [4.78, 5) is 2.57. The summed E-state index contributed by atoms with van der Waals surface area (Å²) in [7, 11) is 0. The summed E-state index contributed by atoms with van der Waals surface area (Å²) >= 11 is 0. The molecule has 1 N–H and O–H groups in total. The molecule has 2 unspecified atom stereocenters. The zero-order valence-electron chi connectivity index (χ0n) is 12.2. The highest BCUT2D eigenvalue weighted by Crippen LogP contribution is 2.33. The largest absolute Gasteiger partial charge is 0.472 e. The summed E-state index contributed by atoms with van der Waals surface area (Å²) in [6, 6.07) is 6.97. The second-order valence-electron chi connectivity index (χ2n) is 6.10. The minimum atomic E-state index is 0.488. The number of nitrogens with zero attached hydrogens (tertiary/aromatic N) is 3. The van der Waals surface area contributed by atoms with Crippen molar-refractivity contribution >= 4 is 5.82 Å². The van der Waals surface area contributed by atoms with Crippen LogP contribution in [-0.4, -0.2) is 40.3 Å². The Labute approximate surface area is 124 Å². The third kappa shape index (κ3) is 2.31. The van der Waals surface area contributed by atoms with E-state index in [9.17, 15) is 0 Å². The Hall–Kier alpha value is -1.88. The van der Waals surface area contributed by atoms with Crippen LogP contribution in [0.1, 0.15) is 19.8 Å². The van der Waals surface area contributed by atoms with Crippen molar-refractivity contribution < 1.29 is 4.42 Å². The van der Waals surface area contributed by atoms with E-state index in [4.69, 9.17) is 4.42 Å². The number of furan rings is 1. The molecule has 5 nitrogen and oxygen atoms in total. The maximum atomic E-state index is 5.08. The van der Waals surface area contributed by atoms with Crippen LogP contribution in [0.2, 0.25) is 0 Å². The highest BCUT2D eigenvalue weighted by atomic mass is 16.3. The third-order valence-corrected chi connectivity index (χ3v) is 4.97. The number of piperidine rings is 3. The van der Waals surface area contributed by atoms with Crippen molar-refractivity contribution in [2.24, 2.45) is 5.92 Å². The van der Waals surface area contributed by atoms with Gasteiger partial charge in [0.05, 0.1) is 18.2 Å². The van der Waals surface area contributed by atoms with Crippen molar-refractivity contribution in [2.75, 3.05) is 18.4 Å². The van der Waals surface area contributed by atoms with Crippen LogP contribution in [0.5, 0.6) is 0 Å². The summed E-state index contributed by atoms with van der Waals surface area (Å²) in [5.74, 6) is 1.63. The average molecular weight is 284 g/mol. The second kappa shape index (κ2) is 5.15. The van der Waals surface area contributed by atoms with E-state index in [0.29, 0.717) is 12.1 Å². The number of rotatable bonds is 3. The van der Waals surface area contributed by atoms with Crippen LogP contribution in [0, 0.1) is 5.92 Å². The molecular formula is C16H20N4O. The fourth-order valence-electron chi connectivity index (χ4n) is 3.69. The normalized spacial score (nSPS) is 31.3. The van der Waals surface area contributed by atoms with E-state index in [-0.39, 0.29) is 0 Å². The van der Waals surface area contributed by atoms with Gasteiger partial charge < -0.3 is 9.73 Å². The van der Waals surface area contributed by atoms with Crippen molar-refractivity contribution in [1.82, 2.24) is 15.1 Å². The topological polar surface area (TPSA) is 54.2 Å². The Kier molecular flexibility index (Phi) is 3.15. The number of anilines is 1. The van der Waals surface area contributed by atoms with Gasteiger partial charge in [0.1, 0.15) is 5.82 Å². The lowest BCUT2D eigenvalue weighted by molar-refractivity contribution is 0.0457. The highest BCUT2D eigenvalue weighted by molar-refractivity contribution is 5.57. The van der Waals surface area contributed by atoms with Crippen molar-refractivity contribution in [3.63, 3.8) is 0 Å². The number of hydrogen-bond acceptors (Lipinski definition) is 5. The van der Waals surface area contributed by atoms with E-state index >= 15 is 0 Å². The van der Waals surface area contributed by atoms with Gasteiger partial charge in [-0.2, -0.15) is 0 Å². The first kappa shape index (κ1) is 12.8. The van der Waals surface area contributed by atoms with Crippen molar-refractivity contribution in [3.8, 4) is 11.3 Å². The Morgan fingerprint density at radius 1 is 1.19 bits per heavy atom. The minimum absolute atomic E-state index is 0.488. The molecule has 5 heteroatoms. The number of nitrogens with one attached hydrogen (secondary N) is 1. The fraction of sp³-hybridized carbons (Fsp3) is 0.500. The molecule has 3 saturated heterocycles. The number of aromatic nitrogens is 2. The van der Waals surface area contributed by atoms with Crippen LogP contribution in [-0.2, 0) is 0 Å². The molecule has 110 valence electrons. The molecule has 5 heterocycles.